The Morgan fingerprint density at radius 3 is 2.47 bits per heavy atom. The molecular formula is C11H18INO4. The van der Waals surface area contributed by atoms with Gasteiger partial charge >= 0.3 is 12.1 Å². The number of nitrogens with zero attached hydrogens (tertiary/aromatic N) is 1. The number of ether oxygens (including phenoxy) is 1. The van der Waals surface area contributed by atoms with Gasteiger partial charge < -0.3 is 9.84 Å². The molecule has 0 aromatic carbocycles. The van der Waals surface area contributed by atoms with E-state index in [1.807, 2.05) is 22.6 Å². The Kier molecular flexibility index (Phi) is 4.27. The summed E-state index contributed by atoms with van der Waals surface area (Å²) in [5.74, 6) is -0.949. The van der Waals surface area contributed by atoms with Crippen LogP contribution in [0.25, 0.3) is 0 Å². The maximum atomic E-state index is 12.0. The van der Waals surface area contributed by atoms with Gasteiger partial charge in [0.2, 0.25) is 0 Å². The van der Waals surface area contributed by atoms with E-state index in [4.69, 9.17) is 4.74 Å². The number of likely N-dealkylation sites (tertiary alicyclic amines) is 1. The van der Waals surface area contributed by atoms with Gasteiger partial charge in [0, 0.05) is 11.0 Å². The zero-order valence-corrected chi connectivity index (χ0v) is 12.5. The number of rotatable bonds is 2. The first kappa shape index (κ1) is 14.5. The quantitative estimate of drug-likeness (QED) is 0.610. The fourth-order valence-corrected chi connectivity index (χ4v) is 3.00. The number of hydrogen-bond donors (Lipinski definition) is 1. The lowest BCUT2D eigenvalue weighted by molar-refractivity contribution is -0.147. The molecule has 6 heteroatoms. The third-order valence-corrected chi connectivity index (χ3v) is 3.98. The number of halogens is 1. The third kappa shape index (κ3) is 3.02. The second kappa shape index (κ2) is 4.99. The van der Waals surface area contributed by atoms with Crippen molar-refractivity contribution in [2.24, 2.45) is 0 Å². The van der Waals surface area contributed by atoms with Crippen LogP contribution < -0.4 is 0 Å². The summed E-state index contributed by atoms with van der Waals surface area (Å²) in [7, 11) is 0. The van der Waals surface area contributed by atoms with Gasteiger partial charge in [-0.2, -0.15) is 0 Å². The third-order valence-electron chi connectivity index (χ3n) is 2.72. The highest BCUT2D eigenvalue weighted by Gasteiger charge is 2.50. The summed E-state index contributed by atoms with van der Waals surface area (Å²) in [4.78, 5) is 24.7. The zero-order valence-electron chi connectivity index (χ0n) is 10.3. The SMILES string of the molecule is CC(C)(C)OC(=O)N1CCC[C@@]1(CI)C(=O)O. The average Bonchev–Trinajstić information content (AvgIpc) is 2.59. The van der Waals surface area contributed by atoms with Gasteiger partial charge in [-0.1, -0.05) is 22.6 Å². The predicted molar refractivity (Wildman–Crippen MR) is 71.4 cm³/mol. The van der Waals surface area contributed by atoms with Crippen LogP contribution in [-0.2, 0) is 9.53 Å². The van der Waals surface area contributed by atoms with Crippen molar-refractivity contribution in [3.05, 3.63) is 0 Å². The molecule has 1 amide bonds. The van der Waals surface area contributed by atoms with E-state index in [0.29, 0.717) is 23.8 Å². The molecule has 0 radical (unpaired) electrons. The largest absolute Gasteiger partial charge is 0.479 e. The van der Waals surface area contributed by atoms with Gasteiger partial charge in [-0.05, 0) is 33.6 Å². The Bertz CT molecular complexity index is 326. The van der Waals surface area contributed by atoms with E-state index < -0.39 is 23.2 Å². The highest BCUT2D eigenvalue weighted by Crippen LogP contribution is 2.33. The molecule has 1 atom stereocenters. The van der Waals surface area contributed by atoms with Gasteiger partial charge in [-0.25, -0.2) is 9.59 Å². The van der Waals surface area contributed by atoms with Crippen LogP contribution in [0.5, 0.6) is 0 Å². The molecule has 0 aliphatic carbocycles. The smallest absolute Gasteiger partial charge is 0.411 e. The molecular weight excluding hydrogens is 337 g/mol. The molecule has 0 aromatic rings. The van der Waals surface area contributed by atoms with Gasteiger partial charge in [0.25, 0.3) is 0 Å². The second-order valence-corrected chi connectivity index (χ2v) is 5.97. The monoisotopic (exact) mass is 355 g/mol. The molecule has 1 heterocycles. The van der Waals surface area contributed by atoms with Crippen LogP contribution in [-0.4, -0.2) is 44.2 Å². The van der Waals surface area contributed by atoms with Crippen molar-refractivity contribution < 1.29 is 19.4 Å². The summed E-state index contributed by atoms with van der Waals surface area (Å²) in [5, 5.41) is 9.33. The first-order valence-corrected chi connectivity index (χ1v) is 7.05. The van der Waals surface area contributed by atoms with E-state index in [2.05, 4.69) is 0 Å². The van der Waals surface area contributed by atoms with Crippen molar-refractivity contribution in [3.8, 4) is 0 Å². The van der Waals surface area contributed by atoms with Gasteiger partial charge in [0.05, 0.1) is 0 Å². The van der Waals surface area contributed by atoms with Crippen LogP contribution in [0.1, 0.15) is 33.6 Å². The molecule has 0 spiro atoms. The molecule has 0 aromatic heterocycles. The summed E-state index contributed by atoms with van der Waals surface area (Å²) in [5.41, 5.74) is -1.70. The Morgan fingerprint density at radius 2 is 2.06 bits per heavy atom. The highest BCUT2D eigenvalue weighted by atomic mass is 127. The predicted octanol–water partition coefficient (Wildman–Crippen LogP) is 2.28. The Morgan fingerprint density at radius 1 is 1.47 bits per heavy atom. The lowest BCUT2D eigenvalue weighted by Gasteiger charge is -2.34. The fraction of sp³-hybridized carbons (Fsp3) is 0.818. The van der Waals surface area contributed by atoms with Crippen LogP contribution in [0.2, 0.25) is 0 Å². The molecule has 0 bridgehead atoms. The first-order valence-electron chi connectivity index (χ1n) is 5.53. The average molecular weight is 355 g/mol. The lowest BCUT2D eigenvalue weighted by atomic mass is 10.00. The van der Waals surface area contributed by atoms with Crippen molar-refractivity contribution in [1.29, 1.82) is 0 Å². The Hall–Kier alpha value is -0.530. The van der Waals surface area contributed by atoms with Crippen molar-refractivity contribution >= 4 is 34.7 Å². The number of aliphatic carboxylic acids is 1. The molecule has 1 rings (SSSR count). The second-order valence-electron chi connectivity index (χ2n) is 5.21. The van der Waals surface area contributed by atoms with Gasteiger partial charge in [-0.15, -0.1) is 0 Å². The topological polar surface area (TPSA) is 66.8 Å². The van der Waals surface area contributed by atoms with Gasteiger partial charge in [-0.3, -0.25) is 4.90 Å². The van der Waals surface area contributed by atoms with E-state index in [0.717, 1.165) is 0 Å². The van der Waals surface area contributed by atoms with Crippen molar-refractivity contribution in [3.63, 3.8) is 0 Å². The van der Waals surface area contributed by atoms with Crippen LogP contribution in [0, 0.1) is 0 Å². The number of amides is 1. The van der Waals surface area contributed by atoms with Gasteiger partial charge in [0.1, 0.15) is 5.60 Å². The van der Waals surface area contributed by atoms with Crippen molar-refractivity contribution in [2.45, 2.75) is 44.8 Å². The molecule has 1 aliphatic heterocycles. The molecule has 98 valence electrons. The number of alkyl halides is 1. The normalized spacial score (nSPS) is 24.8. The molecule has 5 nitrogen and oxygen atoms in total. The molecule has 0 saturated carbocycles. The zero-order chi connectivity index (χ0) is 13.3. The maximum Gasteiger partial charge on any atom is 0.411 e. The number of carboxylic acid groups (broad SMARTS) is 1. The van der Waals surface area contributed by atoms with Crippen LogP contribution in [0.4, 0.5) is 4.79 Å². The van der Waals surface area contributed by atoms with Crippen LogP contribution in [0.3, 0.4) is 0 Å². The standard InChI is InChI=1S/C11H18INO4/c1-10(2,3)17-9(16)13-6-4-5-11(13,7-12)8(14)15/h4-7H2,1-3H3,(H,14,15)/t11-/m1/s1. The molecule has 1 N–H and O–H groups in total. The fourth-order valence-electron chi connectivity index (χ4n) is 1.88. The van der Waals surface area contributed by atoms with Crippen LogP contribution >= 0.6 is 22.6 Å². The van der Waals surface area contributed by atoms with E-state index in [9.17, 15) is 14.7 Å². The molecule has 1 fully saturated rings. The minimum Gasteiger partial charge on any atom is -0.479 e. The number of carbonyl (C=O) groups excluding carboxylic acids is 1. The first-order chi connectivity index (χ1) is 7.73. The van der Waals surface area contributed by atoms with E-state index in [-0.39, 0.29) is 0 Å². The van der Waals surface area contributed by atoms with Crippen molar-refractivity contribution in [1.82, 2.24) is 4.90 Å². The van der Waals surface area contributed by atoms with Crippen molar-refractivity contribution in [2.75, 3.05) is 11.0 Å². The summed E-state index contributed by atoms with van der Waals surface area (Å²) in [6.45, 7) is 5.76. The van der Waals surface area contributed by atoms with E-state index in [1.165, 1.54) is 4.90 Å². The van der Waals surface area contributed by atoms with E-state index >= 15 is 0 Å². The Labute approximate surface area is 115 Å². The number of hydrogen-bond acceptors (Lipinski definition) is 3. The molecule has 1 aliphatic rings. The van der Waals surface area contributed by atoms with E-state index in [1.54, 1.807) is 20.8 Å². The minimum atomic E-state index is -1.09. The molecule has 1 saturated heterocycles. The minimum absolute atomic E-state index is 0.374. The maximum absolute atomic E-state index is 12.0. The molecule has 17 heavy (non-hydrogen) atoms. The number of carbonyl (C=O) groups is 2. The highest BCUT2D eigenvalue weighted by molar-refractivity contribution is 14.1. The summed E-state index contributed by atoms with van der Waals surface area (Å²) in [6.07, 6.45) is 0.660. The summed E-state index contributed by atoms with van der Waals surface area (Å²) >= 11 is 2.01. The van der Waals surface area contributed by atoms with Crippen LogP contribution in [0.15, 0.2) is 0 Å². The molecule has 0 unspecified atom stereocenters. The number of carboxylic acids is 1. The lowest BCUT2D eigenvalue weighted by Crippen LogP contribution is -2.55. The summed E-state index contributed by atoms with van der Waals surface area (Å²) in [6, 6.07) is 0. The Balaban J connectivity index is 2.89. The summed E-state index contributed by atoms with van der Waals surface area (Å²) < 4.78 is 5.62. The van der Waals surface area contributed by atoms with Gasteiger partial charge in [0.15, 0.2) is 5.54 Å².